The summed E-state index contributed by atoms with van der Waals surface area (Å²) in [5, 5.41) is 5.61. The molecular weight excluding hydrogens is 448 g/mol. The Labute approximate surface area is 179 Å². The number of ether oxygens (including phenoxy) is 2. The zero-order valence-corrected chi connectivity index (χ0v) is 16.9. The number of alkyl halides is 3. The highest BCUT2D eigenvalue weighted by molar-refractivity contribution is 6.35. The number of nitrogens with zero attached hydrogens (tertiary/aromatic N) is 2. The molecule has 2 aromatic rings. The van der Waals surface area contributed by atoms with E-state index in [2.05, 4.69) is 20.6 Å². The first-order chi connectivity index (χ1) is 14.2. The highest BCUT2D eigenvalue weighted by Gasteiger charge is 2.38. The van der Waals surface area contributed by atoms with E-state index in [0.717, 1.165) is 19.0 Å². The fourth-order valence-corrected chi connectivity index (χ4v) is 3.30. The molecule has 0 atom stereocenters. The van der Waals surface area contributed by atoms with Gasteiger partial charge in [0.1, 0.15) is 0 Å². The number of carbonyl (C=O) groups excluding carboxylic acids is 1. The zero-order chi connectivity index (χ0) is 21.7. The first-order valence-electron chi connectivity index (χ1n) is 8.91. The van der Waals surface area contributed by atoms with Gasteiger partial charge >= 0.3 is 12.3 Å². The molecule has 0 saturated carbocycles. The van der Waals surface area contributed by atoms with Crippen molar-refractivity contribution in [1.29, 1.82) is 0 Å². The number of halogens is 5. The van der Waals surface area contributed by atoms with Crippen LogP contribution in [0.3, 0.4) is 0 Å². The maximum absolute atomic E-state index is 13.4. The van der Waals surface area contributed by atoms with Gasteiger partial charge in [-0.2, -0.15) is 13.2 Å². The van der Waals surface area contributed by atoms with Crippen LogP contribution in [0.2, 0.25) is 10.0 Å². The van der Waals surface area contributed by atoms with E-state index in [1.54, 1.807) is 0 Å². The van der Waals surface area contributed by atoms with E-state index in [1.807, 2.05) is 0 Å². The van der Waals surface area contributed by atoms with E-state index in [9.17, 15) is 18.0 Å². The first-order valence-corrected chi connectivity index (χ1v) is 9.67. The number of anilines is 2. The maximum atomic E-state index is 13.4. The number of carbonyl (C=O) groups is 1. The Kier molecular flexibility index (Phi) is 7.22. The van der Waals surface area contributed by atoms with Gasteiger partial charge in [-0.1, -0.05) is 23.2 Å². The summed E-state index contributed by atoms with van der Waals surface area (Å²) in [6.45, 7) is 1.44. The summed E-state index contributed by atoms with van der Waals surface area (Å²) in [5.74, 6) is -0.988. The topological polar surface area (TPSA) is 85.4 Å². The average molecular weight is 465 g/mol. The minimum absolute atomic E-state index is 0.181. The predicted octanol–water partition coefficient (Wildman–Crippen LogP) is 5.06. The lowest BCUT2D eigenvalue weighted by atomic mass is 10.0. The average Bonchev–Trinajstić information content (AvgIpc) is 2.67. The van der Waals surface area contributed by atoms with Gasteiger partial charge in [-0.15, -0.1) is 0 Å². The van der Waals surface area contributed by atoms with Crippen molar-refractivity contribution in [3.63, 3.8) is 0 Å². The van der Waals surface area contributed by atoms with Gasteiger partial charge in [-0.3, -0.25) is 0 Å². The Hall–Kier alpha value is -2.30. The molecule has 162 valence electrons. The Morgan fingerprint density at radius 1 is 1.20 bits per heavy atom. The molecule has 0 spiro atoms. The summed E-state index contributed by atoms with van der Waals surface area (Å²) in [6, 6.07) is 4.35. The smallest absolute Gasteiger partial charge is 0.406 e. The number of amides is 1. The summed E-state index contributed by atoms with van der Waals surface area (Å²) in [7, 11) is 0. The third kappa shape index (κ3) is 6.35. The number of aromatic nitrogens is 2. The summed E-state index contributed by atoms with van der Waals surface area (Å²) in [4.78, 5) is 19.2. The van der Waals surface area contributed by atoms with Gasteiger partial charge in [-0.05, 0) is 37.0 Å². The van der Waals surface area contributed by atoms with Crippen molar-refractivity contribution in [3.05, 3.63) is 40.1 Å². The summed E-state index contributed by atoms with van der Waals surface area (Å²) in [5.41, 5.74) is -1.10. The van der Waals surface area contributed by atoms with E-state index < -0.39 is 23.7 Å². The van der Waals surface area contributed by atoms with E-state index in [1.165, 1.54) is 18.2 Å². The van der Waals surface area contributed by atoms with Crippen LogP contribution in [0.25, 0.3) is 0 Å². The van der Waals surface area contributed by atoms with Gasteiger partial charge in [0.25, 0.3) is 0 Å². The van der Waals surface area contributed by atoms with Crippen molar-refractivity contribution < 1.29 is 27.4 Å². The quantitative estimate of drug-likeness (QED) is 0.642. The second kappa shape index (κ2) is 9.67. The predicted molar refractivity (Wildman–Crippen MR) is 104 cm³/mol. The third-order valence-corrected chi connectivity index (χ3v) is 4.66. The minimum atomic E-state index is -4.87. The van der Waals surface area contributed by atoms with Crippen molar-refractivity contribution in [2.45, 2.75) is 19.0 Å². The normalized spacial score (nSPS) is 15.0. The fourth-order valence-electron chi connectivity index (χ4n) is 2.78. The molecule has 0 radical (unpaired) electrons. The molecule has 0 unspecified atom stereocenters. The Bertz CT molecular complexity index is 888. The number of nitrogens with one attached hydrogen (secondary N) is 2. The van der Waals surface area contributed by atoms with Gasteiger partial charge in [0.2, 0.25) is 5.95 Å². The van der Waals surface area contributed by atoms with Gasteiger partial charge in [0, 0.05) is 35.5 Å². The molecule has 7 nitrogen and oxygen atoms in total. The Morgan fingerprint density at radius 3 is 2.50 bits per heavy atom. The summed E-state index contributed by atoms with van der Waals surface area (Å²) < 4.78 is 50.3. The molecule has 0 bridgehead atoms. The standard InChI is InChI=1S/C18H17Cl2F3N4O3/c19-11-5-12(20)7-13(6-11)26-16-24-9-14(15(27-16)18(21,22)23)30-17(28)25-8-10-1-3-29-4-2-10/h5-7,9-10H,1-4,8H2,(H,25,28)(H,24,26,27). The molecule has 2 heterocycles. The van der Waals surface area contributed by atoms with Crippen molar-refractivity contribution in [2.24, 2.45) is 5.92 Å². The van der Waals surface area contributed by atoms with Crippen LogP contribution in [0.15, 0.2) is 24.4 Å². The van der Waals surface area contributed by atoms with Crippen LogP contribution >= 0.6 is 23.2 Å². The zero-order valence-electron chi connectivity index (χ0n) is 15.4. The van der Waals surface area contributed by atoms with Crippen molar-refractivity contribution in [1.82, 2.24) is 15.3 Å². The van der Waals surface area contributed by atoms with Crippen LogP contribution in [0.5, 0.6) is 5.75 Å². The van der Waals surface area contributed by atoms with Crippen LogP contribution in [0.4, 0.5) is 29.6 Å². The lowest BCUT2D eigenvalue weighted by molar-refractivity contribution is -0.142. The molecule has 30 heavy (non-hydrogen) atoms. The second-order valence-corrected chi connectivity index (χ2v) is 7.39. The monoisotopic (exact) mass is 464 g/mol. The lowest BCUT2D eigenvalue weighted by Crippen LogP contribution is -2.34. The van der Waals surface area contributed by atoms with Gasteiger partial charge in [0.15, 0.2) is 11.4 Å². The molecule has 3 rings (SSSR count). The van der Waals surface area contributed by atoms with Crippen LogP contribution in [-0.4, -0.2) is 35.8 Å². The molecule has 1 aromatic carbocycles. The molecule has 1 aliphatic rings. The molecule has 12 heteroatoms. The van der Waals surface area contributed by atoms with Gasteiger partial charge in [-0.25, -0.2) is 14.8 Å². The lowest BCUT2D eigenvalue weighted by Gasteiger charge is -2.22. The minimum Gasteiger partial charge on any atom is -0.406 e. The van der Waals surface area contributed by atoms with Crippen molar-refractivity contribution >= 4 is 40.9 Å². The molecule has 2 N–H and O–H groups in total. The fraction of sp³-hybridized carbons (Fsp3) is 0.389. The van der Waals surface area contributed by atoms with Crippen LogP contribution < -0.4 is 15.4 Å². The first kappa shape index (κ1) is 22.4. The van der Waals surface area contributed by atoms with E-state index in [0.29, 0.717) is 18.9 Å². The van der Waals surface area contributed by atoms with Gasteiger partial charge < -0.3 is 20.1 Å². The third-order valence-electron chi connectivity index (χ3n) is 4.22. The Morgan fingerprint density at radius 2 is 1.87 bits per heavy atom. The largest absolute Gasteiger partial charge is 0.437 e. The van der Waals surface area contributed by atoms with Crippen molar-refractivity contribution in [3.8, 4) is 5.75 Å². The van der Waals surface area contributed by atoms with Crippen LogP contribution in [0, 0.1) is 5.92 Å². The number of hydrogen-bond donors (Lipinski definition) is 2. The SMILES string of the molecule is O=C(NCC1CCOCC1)Oc1cnc(Nc2cc(Cl)cc(Cl)c2)nc1C(F)(F)F. The maximum Gasteiger partial charge on any atom is 0.437 e. The van der Waals surface area contributed by atoms with Gasteiger partial charge in [0.05, 0.1) is 6.20 Å². The molecule has 1 aliphatic heterocycles. The molecule has 1 saturated heterocycles. The highest BCUT2D eigenvalue weighted by atomic mass is 35.5. The van der Waals surface area contributed by atoms with E-state index >= 15 is 0 Å². The molecule has 1 fully saturated rings. The summed E-state index contributed by atoms with van der Waals surface area (Å²) >= 11 is 11.7. The van der Waals surface area contributed by atoms with Crippen LogP contribution in [-0.2, 0) is 10.9 Å². The van der Waals surface area contributed by atoms with E-state index in [4.69, 9.17) is 32.7 Å². The number of benzene rings is 1. The highest BCUT2D eigenvalue weighted by Crippen LogP contribution is 2.35. The number of hydrogen-bond acceptors (Lipinski definition) is 6. The Balaban J connectivity index is 1.71. The molecule has 1 amide bonds. The molecule has 0 aliphatic carbocycles. The van der Waals surface area contributed by atoms with Crippen LogP contribution in [0.1, 0.15) is 18.5 Å². The molecule has 1 aromatic heterocycles. The number of rotatable bonds is 5. The summed E-state index contributed by atoms with van der Waals surface area (Å²) in [6.07, 6.45) is -3.60. The second-order valence-electron chi connectivity index (χ2n) is 6.51. The molecular formula is C18H17Cl2F3N4O3. The van der Waals surface area contributed by atoms with Crippen molar-refractivity contribution in [2.75, 3.05) is 25.1 Å². The van der Waals surface area contributed by atoms with E-state index in [-0.39, 0.29) is 28.5 Å².